The van der Waals surface area contributed by atoms with Crippen molar-refractivity contribution in [2.45, 2.75) is 0 Å². The van der Waals surface area contributed by atoms with Gasteiger partial charge in [0.2, 0.25) is 0 Å². The second-order valence-corrected chi connectivity index (χ2v) is 11.2. The monoisotopic (exact) mass is 575 g/mol. The zero-order valence-corrected chi connectivity index (χ0v) is 24.2. The van der Waals surface area contributed by atoms with Gasteiger partial charge in [-0.3, -0.25) is 0 Å². The minimum atomic E-state index is 0.621. The summed E-state index contributed by atoms with van der Waals surface area (Å²) in [5, 5.41) is 6.52. The molecule has 0 fully saturated rings. The Morgan fingerprint density at radius 1 is 0.311 bits per heavy atom. The third-order valence-electron chi connectivity index (χ3n) is 8.56. The number of nitrogens with zero attached hydrogens (tertiary/aromatic N) is 3. The molecule has 0 bridgehead atoms. The maximum absolute atomic E-state index is 6.39. The van der Waals surface area contributed by atoms with Crippen LogP contribution in [0, 0.1) is 0 Å². The number of benzene rings is 7. The van der Waals surface area contributed by atoms with Crippen LogP contribution in [0.3, 0.4) is 0 Å². The second kappa shape index (κ2) is 10.2. The van der Waals surface area contributed by atoms with Crippen molar-refractivity contribution in [1.82, 2.24) is 15.0 Å². The van der Waals surface area contributed by atoms with Crippen LogP contribution >= 0.6 is 0 Å². The first kappa shape index (κ1) is 25.4. The number of hydrogen-bond acceptors (Lipinski definition) is 4. The van der Waals surface area contributed by atoms with Crippen LogP contribution in [0.15, 0.2) is 156 Å². The fourth-order valence-electron chi connectivity index (χ4n) is 6.43. The number of hydrogen-bond donors (Lipinski definition) is 0. The van der Waals surface area contributed by atoms with Gasteiger partial charge in [-0.25, -0.2) is 15.0 Å². The van der Waals surface area contributed by atoms with Crippen LogP contribution in [0.4, 0.5) is 0 Å². The van der Waals surface area contributed by atoms with E-state index in [0.29, 0.717) is 17.5 Å². The molecule has 0 aliphatic carbocycles. The molecule has 0 aliphatic rings. The summed E-state index contributed by atoms with van der Waals surface area (Å²) in [5.74, 6) is 1.89. The zero-order chi connectivity index (χ0) is 29.7. The van der Waals surface area contributed by atoms with Gasteiger partial charge in [-0.2, -0.15) is 0 Å². The molecule has 0 N–H and O–H groups in total. The Labute approximate surface area is 259 Å². The van der Waals surface area contributed by atoms with E-state index in [2.05, 4.69) is 97.1 Å². The van der Waals surface area contributed by atoms with Crippen molar-refractivity contribution >= 4 is 43.5 Å². The predicted octanol–water partition coefficient (Wildman–Crippen LogP) is 10.7. The minimum Gasteiger partial charge on any atom is -0.455 e. The lowest BCUT2D eigenvalue weighted by atomic mass is 9.94. The molecule has 4 nitrogen and oxygen atoms in total. The van der Waals surface area contributed by atoms with Crippen LogP contribution in [0.5, 0.6) is 0 Å². The van der Waals surface area contributed by atoms with E-state index >= 15 is 0 Å². The number of rotatable bonds is 4. The second-order valence-electron chi connectivity index (χ2n) is 11.2. The van der Waals surface area contributed by atoms with Crippen molar-refractivity contribution in [3.05, 3.63) is 152 Å². The van der Waals surface area contributed by atoms with Gasteiger partial charge >= 0.3 is 0 Å². The van der Waals surface area contributed by atoms with Gasteiger partial charge in [-0.05, 0) is 45.5 Å². The molecule has 2 aromatic heterocycles. The summed E-state index contributed by atoms with van der Waals surface area (Å²) in [7, 11) is 0. The highest BCUT2D eigenvalue weighted by molar-refractivity contribution is 6.17. The zero-order valence-electron chi connectivity index (χ0n) is 24.2. The molecule has 0 atom stereocenters. The molecule has 0 aliphatic heterocycles. The summed E-state index contributed by atoms with van der Waals surface area (Å²) >= 11 is 0. The largest absolute Gasteiger partial charge is 0.455 e. The van der Waals surface area contributed by atoms with Gasteiger partial charge in [-0.15, -0.1) is 0 Å². The summed E-state index contributed by atoms with van der Waals surface area (Å²) in [6, 6.07) is 52.1. The lowest BCUT2D eigenvalue weighted by Gasteiger charge is -2.13. The van der Waals surface area contributed by atoms with Gasteiger partial charge < -0.3 is 4.42 Å². The van der Waals surface area contributed by atoms with Gasteiger partial charge in [0.15, 0.2) is 17.5 Å². The van der Waals surface area contributed by atoms with E-state index in [4.69, 9.17) is 19.4 Å². The van der Waals surface area contributed by atoms with Crippen molar-refractivity contribution in [3.63, 3.8) is 0 Å². The minimum absolute atomic E-state index is 0.621. The van der Waals surface area contributed by atoms with Crippen LogP contribution in [0.25, 0.3) is 88.8 Å². The molecular weight excluding hydrogens is 550 g/mol. The fraction of sp³-hybridized carbons (Fsp3) is 0. The summed E-state index contributed by atoms with van der Waals surface area (Å²) in [6.45, 7) is 0. The van der Waals surface area contributed by atoms with Gasteiger partial charge in [0, 0.05) is 32.8 Å². The third-order valence-corrected chi connectivity index (χ3v) is 8.56. The van der Waals surface area contributed by atoms with Gasteiger partial charge in [0.25, 0.3) is 0 Å². The van der Waals surface area contributed by atoms with Crippen molar-refractivity contribution in [2.75, 3.05) is 0 Å². The summed E-state index contributed by atoms with van der Waals surface area (Å²) in [6.07, 6.45) is 0. The molecular formula is C41H25N3O. The van der Waals surface area contributed by atoms with Gasteiger partial charge in [0.05, 0.1) is 0 Å². The number of fused-ring (bicyclic) bond motifs is 6. The highest BCUT2D eigenvalue weighted by Gasteiger charge is 2.18. The molecule has 9 rings (SSSR count). The first-order valence-electron chi connectivity index (χ1n) is 15.0. The van der Waals surface area contributed by atoms with Gasteiger partial charge in [-0.1, -0.05) is 133 Å². The highest BCUT2D eigenvalue weighted by Crippen LogP contribution is 2.39. The maximum atomic E-state index is 6.39. The smallest absolute Gasteiger partial charge is 0.164 e. The van der Waals surface area contributed by atoms with E-state index in [1.807, 2.05) is 54.6 Å². The van der Waals surface area contributed by atoms with E-state index < -0.39 is 0 Å². The first-order valence-corrected chi connectivity index (χ1v) is 15.0. The van der Waals surface area contributed by atoms with E-state index in [0.717, 1.165) is 60.2 Å². The molecule has 0 saturated carbocycles. The molecule has 210 valence electrons. The molecule has 2 heterocycles. The molecule has 45 heavy (non-hydrogen) atoms. The van der Waals surface area contributed by atoms with Crippen molar-refractivity contribution in [3.8, 4) is 45.3 Å². The standard InChI is InChI=1S/C41H25N3O/c1-3-12-26(13-4-1)28-22-25-36(30-17-8-7-16-29(28)30)41-43-39(27-14-5-2-6-15-27)42-40(44-41)35-20-11-19-33-31(35)23-24-34-32-18-9-10-21-37(32)45-38(33)34/h1-25H. The predicted molar refractivity (Wildman–Crippen MR) is 184 cm³/mol. The van der Waals surface area contributed by atoms with Crippen LogP contribution in [-0.4, -0.2) is 15.0 Å². The summed E-state index contributed by atoms with van der Waals surface area (Å²) in [5.41, 5.74) is 6.94. The van der Waals surface area contributed by atoms with E-state index in [-0.39, 0.29) is 0 Å². The number of aromatic nitrogens is 3. The number of para-hydroxylation sites is 1. The van der Waals surface area contributed by atoms with Crippen LogP contribution in [0.2, 0.25) is 0 Å². The summed E-state index contributed by atoms with van der Waals surface area (Å²) < 4.78 is 6.39. The topological polar surface area (TPSA) is 51.8 Å². The Morgan fingerprint density at radius 3 is 1.56 bits per heavy atom. The van der Waals surface area contributed by atoms with Crippen molar-refractivity contribution in [2.24, 2.45) is 0 Å². The Morgan fingerprint density at radius 2 is 0.800 bits per heavy atom. The Bertz CT molecular complexity index is 2540. The van der Waals surface area contributed by atoms with E-state index in [1.54, 1.807) is 0 Å². The Balaban J connectivity index is 1.30. The average Bonchev–Trinajstić information content (AvgIpc) is 3.51. The molecule has 9 aromatic rings. The lowest BCUT2D eigenvalue weighted by molar-refractivity contribution is 0.672. The normalized spacial score (nSPS) is 11.6. The average molecular weight is 576 g/mol. The third kappa shape index (κ3) is 4.19. The summed E-state index contributed by atoms with van der Waals surface area (Å²) in [4.78, 5) is 15.3. The van der Waals surface area contributed by atoms with E-state index in [1.165, 1.54) is 11.1 Å². The lowest BCUT2D eigenvalue weighted by Crippen LogP contribution is -2.01. The Kier molecular flexibility index (Phi) is 5.78. The maximum Gasteiger partial charge on any atom is 0.164 e. The molecule has 7 aromatic carbocycles. The van der Waals surface area contributed by atoms with Crippen LogP contribution in [0.1, 0.15) is 0 Å². The molecule has 0 radical (unpaired) electrons. The van der Waals surface area contributed by atoms with Crippen LogP contribution < -0.4 is 0 Å². The molecule has 0 saturated heterocycles. The van der Waals surface area contributed by atoms with Crippen LogP contribution in [-0.2, 0) is 0 Å². The molecule has 4 heteroatoms. The highest BCUT2D eigenvalue weighted by atomic mass is 16.3. The fourth-order valence-corrected chi connectivity index (χ4v) is 6.43. The van der Waals surface area contributed by atoms with Crippen molar-refractivity contribution in [1.29, 1.82) is 0 Å². The number of furan rings is 1. The molecule has 0 amide bonds. The SMILES string of the molecule is c1ccc(-c2nc(-c3ccc(-c4ccccc4)c4ccccc34)nc(-c3cccc4c3ccc3c5ccccc5oc43)n2)cc1. The van der Waals surface area contributed by atoms with Gasteiger partial charge in [0.1, 0.15) is 11.2 Å². The first-order chi connectivity index (χ1) is 22.3. The molecule has 0 unspecified atom stereocenters. The van der Waals surface area contributed by atoms with Crippen molar-refractivity contribution < 1.29 is 4.42 Å². The Hall–Kier alpha value is -6.13. The van der Waals surface area contributed by atoms with E-state index in [9.17, 15) is 0 Å². The quantitative estimate of drug-likeness (QED) is 0.209. The molecule has 0 spiro atoms.